The van der Waals surface area contributed by atoms with Crippen molar-refractivity contribution in [3.8, 4) is 23.0 Å². The second kappa shape index (κ2) is 7.02. The fourth-order valence-electron chi connectivity index (χ4n) is 3.03. The molecule has 1 aliphatic rings. The van der Waals surface area contributed by atoms with Crippen molar-refractivity contribution in [1.29, 1.82) is 0 Å². The predicted molar refractivity (Wildman–Crippen MR) is 98.4 cm³/mol. The normalized spacial score (nSPS) is 16.7. The summed E-state index contributed by atoms with van der Waals surface area (Å²) < 4.78 is 32.1. The Hall–Kier alpha value is -2.30. The lowest BCUT2D eigenvalue weighted by atomic mass is 10.1. The van der Waals surface area contributed by atoms with Crippen LogP contribution in [0.25, 0.3) is 23.0 Å². The van der Waals surface area contributed by atoms with Crippen LogP contribution in [0.5, 0.6) is 0 Å². The van der Waals surface area contributed by atoms with Gasteiger partial charge >= 0.3 is 0 Å². The monoisotopic (exact) mass is 408 g/mol. The lowest BCUT2D eigenvalue weighted by Crippen LogP contribution is -2.38. The highest BCUT2D eigenvalue weighted by molar-refractivity contribution is 7.88. The Labute approximate surface area is 161 Å². The highest BCUT2D eigenvalue weighted by Crippen LogP contribution is 2.26. The molecule has 11 heteroatoms. The summed E-state index contributed by atoms with van der Waals surface area (Å²) in [4.78, 5) is 0. The van der Waals surface area contributed by atoms with Crippen molar-refractivity contribution in [2.45, 2.75) is 18.9 Å². The van der Waals surface area contributed by atoms with E-state index in [1.54, 1.807) is 35.1 Å². The minimum atomic E-state index is -3.15. The molecule has 142 valence electrons. The van der Waals surface area contributed by atoms with Gasteiger partial charge in [-0.2, -0.15) is 0 Å². The zero-order chi connectivity index (χ0) is 19.0. The largest absolute Gasteiger partial charge is 0.414 e. The lowest BCUT2D eigenvalue weighted by Gasteiger charge is -2.29. The van der Waals surface area contributed by atoms with Gasteiger partial charge in [0.1, 0.15) is 0 Å². The second-order valence-corrected chi connectivity index (χ2v) is 8.82. The molecule has 9 nitrogen and oxygen atoms in total. The van der Waals surface area contributed by atoms with E-state index in [2.05, 4.69) is 20.5 Å². The molecule has 1 fully saturated rings. The molecule has 0 aliphatic carbocycles. The standard InChI is InChI=1S/C16H17ClN6O3S/c1-27(24,25)22-8-6-13(7-9-22)23-10-14(18-21-23)16-20-19-15(26-16)11-2-4-12(17)5-3-11/h2-5,10,13H,6-9H2,1H3. The molecule has 4 rings (SSSR count). The molecule has 0 unspecified atom stereocenters. The van der Waals surface area contributed by atoms with Gasteiger partial charge in [-0.3, -0.25) is 0 Å². The number of nitrogens with zero attached hydrogens (tertiary/aromatic N) is 6. The predicted octanol–water partition coefficient (Wildman–Crippen LogP) is 2.25. The van der Waals surface area contributed by atoms with Gasteiger partial charge in [-0.25, -0.2) is 17.4 Å². The van der Waals surface area contributed by atoms with Crippen molar-refractivity contribution >= 4 is 21.6 Å². The average molecular weight is 409 g/mol. The minimum Gasteiger partial charge on any atom is -0.414 e. The summed E-state index contributed by atoms with van der Waals surface area (Å²) >= 11 is 5.89. The maximum Gasteiger partial charge on any atom is 0.270 e. The maximum absolute atomic E-state index is 11.6. The number of hydrogen-bond acceptors (Lipinski definition) is 7. The van der Waals surface area contributed by atoms with Crippen LogP contribution in [0.2, 0.25) is 5.02 Å². The Balaban J connectivity index is 1.48. The lowest BCUT2D eigenvalue weighted by molar-refractivity contribution is 0.259. The van der Waals surface area contributed by atoms with Gasteiger partial charge in [-0.1, -0.05) is 16.8 Å². The van der Waals surface area contributed by atoms with Crippen molar-refractivity contribution < 1.29 is 12.8 Å². The van der Waals surface area contributed by atoms with Gasteiger partial charge in [0.2, 0.25) is 15.9 Å². The first-order valence-electron chi connectivity index (χ1n) is 8.37. The van der Waals surface area contributed by atoms with E-state index in [0.717, 1.165) is 5.56 Å². The number of rotatable bonds is 4. The van der Waals surface area contributed by atoms with Crippen LogP contribution < -0.4 is 0 Å². The van der Waals surface area contributed by atoms with Gasteiger partial charge in [-0.05, 0) is 37.1 Å². The average Bonchev–Trinajstić information content (AvgIpc) is 3.31. The summed E-state index contributed by atoms with van der Waals surface area (Å²) in [6.07, 6.45) is 4.33. The summed E-state index contributed by atoms with van der Waals surface area (Å²) in [5.41, 5.74) is 1.24. The fraction of sp³-hybridized carbons (Fsp3) is 0.375. The van der Waals surface area contributed by atoms with Gasteiger partial charge < -0.3 is 4.42 Å². The third-order valence-corrected chi connectivity index (χ3v) is 6.07. The summed E-state index contributed by atoms with van der Waals surface area (Å²) in [7, 11) is -3.15. The minimum absolute atomic E-state index is 0.0860. The van der Waals surface area contributed by atoms with Crippen LogP contribution in [0.1, 0.15) is 18.9 Å². The summed E-state index contributed by atoms with van der Waals surface area (Å²) in [5.74, 6) is 0.650. The molecule has 0 amide bonds. The quantitative estimate of drug-likeness (QED) is 0.651. The first-order valence-corrected chi connectivity index (χ1v) is 10.6. The smallest absolute Gasteiger partial charge is 0.270 e. The van der Waals surface area contributed by atoms with E-state index in [1.165, 1.54) is 10.6 Å². The molecule has 3 aromatic rings. The zero-order valence-electron chi connectivity index (χ0n) is 14.5. The van der Waals surface area contributed by atoms with Gasteiger partial charge in [0, 0.05) is 23.7 Å². The fourth-order valence-corrected chi connectivity index (χ4v) is 4.03. The molecule has 0 saturated carbocycles. The molecule has 0 atom stereocenters. The van der Waals surface area contributed by atoms with Gasteiger partial charge in [0.05, 0.1) is 18.5 Å². The van der Waals surface area contributed by atoms with Crippen LogP contribution in [-0.2, 0) is 10.0 Å². The molecule has 27 heavy (non-hydrogen) atoms. The number of halogens is 1. The van der Waals surface area contributed by atoms with E-state index >= 15 is 0 Å². The molecule has 1 aromatic carbocycles. The van der Waals surface area contributed by atoms with E-state index in [-0.39, 0.29) is 11.9 Å². The highest BCUT2D eigenvalue weighted by Gasteiger charge is 2.27. The molecule has 1 saturated heterocycles. The van der Waals surface area contributed by atoms with Crippen LogP contribution in [0.4, 0.5) is 0 Å². The Kier molecular flexibility index (Phi) is 4.70. The third-order valence-electron chi connectivity index (χ3n) is 4.51. The third kappa shape index (κ3) is 3.87. The van der Waals surface area contributed by atoms with Crippen molar-refractivity contribution in [3.63, 3.8) is 0 Å². The first kappa shape index (κ1) is 18.1. The number of hydrogen-bond donors (Lipinski definition) is 0. The van der Waals surface area contributed by atoms with Gasteiger partial charge in [0.25, 0.3) is 5.89 Å². The number of sulfonamides is 1. The van der Waals surface area contributed by atoms with Gasteiger partial charge in [0.15, 0.2) is 5.69 Å². The highest BCUT2D eigenvalue weighted by atomic mass is 35.5. The Morgan fingerprint density at radius 2 is 1.74 bits per heavy atom. The molecule has 3 heterocycles. The number of benzene rings is 1. The first-order chi connectivity index (χ1) is 12.9. The van der Waals surface area contributed by atoms with Crippen molar-refractivity contribution in [1.82, 2.24) is 29.5 Å². The molecule has 0 radical (unpaired) electrons. The molecular weight excluding hydrogens is 392 g/mol. The Morgan fingerprint density at radius 3 is 2.41 bits per heavy atom. The molecule has 1 aliphatic heterocycles. The molecule has 0 bridgehead atoms. The van der Waals surface area contributed by atoms with E-state index in [1.807, 2.05) is 0 Å². The van der Waals surface area contributed by atoms with Crippen LogP contribution in [0, 0.1) is 0 Å². The van der Waals surface area contributed by atoms with Crippen molar-refractivity contribution in [2.24, 2.45) is 0 Å². The zero-order valence-corrected chi connectivity index (χ0v) is 16.1. The number of aromatic nitrogens is 5. The van der Waals surface area contributed by atoms with E-state index in [9.17, 15) is 8.42 Å². The summed E-state index contributed by atoms with van der Waals surface area (Å²) in [6, 6.07) is 7.18. The molecule has 0 spiro atoms. The molecular formula is C16H17ClN6O3S. The molecule has 0 N–H and O–H groups in total. The van der Waals surface area contributed by atoms with Crippen molar-refractivity contribution in [2.75, 3.05) is 19.3 Å². The Bertz CT molecular complexity index is 1040. The number of piperidine rings is 1. The van der Waals surface area contributed by atoms with Crippen molar-refractivity contribution in [3.05, 3.63) is 35.5 Å². The van der Waals surface area contributed by atoms with Crippen LogP contribution in [0.15, 0.2) is 34.9 Å². The SMILES string of the molecule is CS(=O)(=O)N1CCC(n2cc(-c3nnc(-c4ccc(Cl)cc4)o3)nn2)CC1. The van der Waals surface area contributed by atoms with Crippen LogP contribution >= 0.6 is 11.6 Å². The molecule has 2 aromatic heterocycles. The summed E-state index contributed by atoms with van der Waals surface area (Å²) in [6.45, 7) is 0.944. The maximum atomic E-state index is 11.6. The van der Waals surface area contributed by atoms with E-state index in [4.69, 9.17) is 16.0 Å². The summed E-state index contributed by atoms with van der Waals surface area (Å²) in [5, 5.41) is 17.0. The second-order valence-electron chi connectivity index (χ2n) is 6.40. The topological polar surface area (TPSA) is 107 Å². The Morgan fingerprint density at radius 1 is 1.07 bits per heavy atom. The van der Waals surface area contributed by atoms with Crippen LogP contribution in [0.3, 0.4) is 0 Å². The van der Waals surface area contributed by atoms with Gasteiger partial charge in [-0.15, -0.1) is 15.3 Å². The van der Waals surface area contributed by atoms with E-state index in [0.29, 0.717) is 42.5 Å². The van der Waals surface area contributed by atoms with Crippen LogP contribution in [-0.4, -0.2) is 57.3 Å². The van der Waals surface area contributed by atoms with E-state index < -0.39 is 10.0 Å².